The summed E-state index contributed by atoms with van der Waals surface area (Å²) < 4.78 is 5.66. The highest BCUT2D eigenvalue weighted by Crippen LogP contribution is 2.51. The summed E-state index contributed by atoms with van der Waals surface area (Å²) in [6.45, 7) is 1.79. The van der Waals surface area contributed by atoms with Crippen LogP contribution in [-0.4, -0.2) is 45.5 Å². The number of aromatic nitrogens is 4. The summed E-state index contributed by atoms with van der Waals surface area (Å²) in [6.07, 6.45) is 4.84. The average molecular weight is 500 g/mol. The number of carbonyl (C=O) groups excluding carboxylic acids is 1. The first kappa shape index (κ1) is 21.6. The third-order valence-corrected chi connectivity index (χ3v) is 8.59. The Morgan fingerprint density at radius 2 is 1.97 bits per heavy atom. The van der Waals surface area contributed by atoms with Crippen LogP contribution in [0.3, 0.4) is 0 Å². The molecule has 0 bridgehead atoms. The van der Waals surface area contributed by atoms with E-state index in [0.717, 1.165) is 43.2 Å². The molecule has 2 aromatic heterocycles. The number of anilines is 2. The Labute approximate surface area is 211 Å². The van der Waals surface area contributed by atoms with Crippen LogP contribution < -0.4 is 20.7 Å². The maximum atomic E-state index is 11.6. The number of para-hydroxylation sites is 1. The summed E-state index contributed by atoms with van der Waals surface area (Å²) >= 11 is 1.44. The molecular weight excluding hydrogens is 474 g/mol. The Balaban J connectivity index is 1.09. The topological polar surface area (TPSA) is 122 Å². The molecule has 10 heteroatoms. The molecular formula is C26H25N7O2S. The van der Waals surface area contributed by atoms with Crippen molar-refractivity contribution in [1.82, 2.24) is 19.9 Å². The van der Waals surface area contributed by atoms with Gasteiger partial charge in [-0.25, -0.2) is 9.97 Å². The number of ether oxygens (including phenoxy) is 1. The number of nitrogens with zero attached hydrogens (tertiary/aromatic N) is 4. The summed E-state index contributed by atoms with van der Waals surface area (Å²) in [6, 6.07) is 14.3. The van der Waals surface area contributed by atoms with Crippen molar-refractivity contribution in [3.63, 3.8) is 0 Å². The fourth-order valence-corrected chi connectivity index (χ4v) is 6.58. The van der Waals surface area contributed by atoms with Crippen molar-refractivity contribution in [3.8, 4) is 5.75 Å². The number of nitrogens with one attached hydrogen (secondary N) is 2. The van der Waals surface area contributed by atoms with Gasteiger partial charge in [0.1, 0.15) is 5.03 Å². The van der Waals surface area contributed by atoms with E-state index in [1.807, 2.05) is 18.2 Å². The molecule has 1 spiro atoms. The van der Waals surface area contributed by atoms with Gasteiger partial charge in [0, 0.05) is 19.1 Å². The number of amides is 1. The van der Waals surface area contributed by atoms with Crippen LogP contribution in [0.25, 0.3) is 11.3 Å². The Morgan fingerprint density at radius 1 is 1.11 bits per heavy atom. The van der Waals surface area contributed by atoms with Gasteiger partial charge in [0.2, 0.25) is 5.95 Å². The van der Waals surface area contributed by atoms with Crippen molar-refractivity contribution in [2.24, 2.45) is 11.1 Å². The van der Waals surface area contributed by atoms with Gasteiger partial charge in [-0.1, -0.05) is 42.1 Å². The highest BCUT2D eigenvalue weighted by atomic mass is 32.2. The molecule has 182 valence electrons. The minimum atomic E-state index is -0.155. The van der Waals surface area contributed by atoms with Gasteiger partial charge >= 0.3 is 0 Å². The number of carbonyl (C=O) groups is 1. The number of imidazole rings is 1. The first-order valence-corrected chi connectivity index (χ1v) is 12.9. The number of fused-ring (bicyclic) bond motifs is 3. The fourth-order valence-electron chi connectivity index (χ4n) is 5.71. The maximum absolute atomic E-state index is 11.6. The number of benzene rings is 2. The van der Waals surface area contributed by atoms with Crippen molar-refractivity contribution in [2.75, 3.05) is 29.9 Å². The Hall–Kier alpha value is -3.63. The summed E-state index contributed by atoms with van der Waals surface area (Å²) in [7, 11) is 0. The van der Waals surface area contributed by atoms with Crippen molar-refractivity contribution < 1.29 is 9.53 Å². The van der Waals surface area contributed by atoms with Crippen LogP contribution in [0.5, 0.6) is 5.75 Å². The molecule has 36 heavy (non-hydrogen) atoms. The lowest BCUT2D eigenvalue weighted by Gasteiger charge is -2.42. The predicted molar refractivity (Wildman–Crippen MR) is 137 cm³/mol. The van der Waals surface area contributed by atoms with Gasteiger partial charge in [-0.15, -0.1) is 0 Å². The molecule has 7 rings (SSSR count). The molecule has 1 aliphatic carbocycles. The second-order valence-corrected chi connectivity index (χ2v) is 10.8. The van der Waals surface area contributed by atoms with Crippen LogP contribution in [0.1, 0.15) is 30.0 Å². The molecule has 4 aromatic rings. The first-order chi connectivity index (χ1) is 17.6. The SMILES string of the molecule is N[C@@H]1c2ccccc2CC12CCN(c1nc3nc(Sc4cccc5c4OCC(=O)N5)cnc3[nH]1)CC2. The smallest absolute Gasteiger partial charge is 0.262 e. The maximum Gasteiger partial charge on any atom is 0.262 e. The summed E-state index contributed by atoms with van der Waals surface area (Å²) in [5.74, 6) is 1.30. The van der Waals surface area contributed by atoms with Crippen LogP contribution in [0.4, 0.5) is 11.6 Å². The summed E-state index contributed by atoms with van der Waals surface area (Å²) in [4.78, 5) is 32.2. The lowest BCUT2D eigenvalue weighted by molar-refractivity contribution is -0.118. The van der Waals surface area contributed by atoms with Crippen molar-refractivity contribution in [3.05, 3.63) is 59.8 Å². The van der Waals surface area contributed by atoms with Crippen LogP contribution in [-0.2, 0) is 11.2 Å². The van der Waals surface area contributed by atoms with E-state index >= 15 is 0 Å². The van der Waals surface area contributed by atoms with Crippen LogP contribution in [0.2, 0.25) is 0 Å². The van der Waals surface area contributed by atoms with Crippen molar-refractivity contribution >= 4 is 40.6 Å². The molecule has 4 heterocycles. The van der Waals surface area contributed by atoms with E-state index in [1.165, 1.54) is 22.9 Å². The zero-order valence-electron chi connectivity index (χ0n) is 19.5. The van der Waals surface area contributed by atoms with Gasteiger partial charge in [-0.05, 0) is 47.9 Å². The van der Waals surface area contributed by atoms with E-state index in [2.05, 4.69) is 44.5 Å². The molecule has 1 fully saturated rings. The van der Waals surface area contributed by atoms with E-state index in [4.69, 9.17) is 20.4 Å². The zero-order chi connectivity index (χ0) is 24.3. The van der Waals surface area contributed by atoms with Gasteiger partial charge in [-0.3, -0.25) is 4.79 Å². The summed E-state index contributed by atoms with van der Waals surface area (Å²) in [5, 5.41) is 3.55. The number of H-pyrrole nitrogens is 1. The van der Waals surface area contributed by atoms with Gasteiger partial charge < -0.3 is 25.7 Å². The molecule has 1 saturated heterocycles. The molecule has 0 unspecified atom stereocenters. The standard InChI is InChI=1S/C26H25N7O2S/c27-22-16-5-2-1-4-15(16)12-26(22)8-10-33(11-9-26)25-31-23-24(32-25)30-20(13-28-23)36-18-7-3-6-17-21(18)35-14-19(34)29-17/h1-7,13,22H,8-12,14,27H2,(H,29,34)(H,28,30,31,32)/t22-/m1/s1. The van der Waals surface area contributed by atoms with E-state index in [1.54, 1.807) is 6.20 Å². The van der Waals surface area contributed by atoms with E-state index < -0.39 is 0 Å². The van der Waals surface area contributed by atoms with Crippen molar-refractivity contribution in [1.29, 1.82) is 0 Å². The normalized spacial score (nSPS) is 20.2. The average Bonchev–Trinajstić information content (AvgIpc) is 3.43. The number of rotatable bonds is 3. The van der Waals surface area contributed by atoms with Gasteiger partial charge in [0.25, 0.3) is 5.91 Å². The van der Waals surface area contributed by atoms with Crippen LogP contribution >= 0.6 is 11.8 Å². The second kappa shape index (κ2) is 8.21. The van der Waals surface area contributed by atoms with E-state index in [9.17, 15) is 4.79 Å². The minimum absolute atomic E-state index is 0.00608. The van der Waals surface area contributed by atoms with Crippen LogP contribution in [0.15, 0.2) is 58.6 Å². The molecule has 0 radical (unpaired) electrons. The monoisotopic (exact) mass is 499 g/mol. The molecule has 0 saturated carbocycles. The molecule has 1 amide bonds. The Kier molecular flexibility index (Phi) is 4.93. The van der Waals surface area contributed by atoms with Crippen molar-refractivity contribution in [2.45, 2.75) is 35.2 Å². The zero-order valence-corrected chi connectivity index (χ0v) is 20.3. The fraction of sp³-hybridized carbons (Fsp3) is 0.308. The van der Waals surface area contributed by atoms with Crippen LogP contribution in [0, 0.1) is 5.41 Å². The molecule has 1 atom stereocenters. The third-order valence-electron chi connectivity index (χ3n) is 7.64. The Morgan fingerprint density at radius 3 is 2.83 bits per heavy atom. The number of aromatic amines is 1. The number of hydrogen-bond donors (Lipinski definition) is 3. The highest BCUT2D eigenvalue weighted by Gasteiger charge is 2.46. The van der Waals surface area contributed by atoms with Gasteiger partial charge in [0.05, 0.1) is 16.8 Å². The van der Waals surface area contributed by atoms with E-state index in [0.29, 0.717) is 27.8 Å². The molecule has 2 aromatic carbocycles. The molecule has 4 N–H and O–H groups in total. The predicted octanol–water partition coefficient (Wildman–Crippen LogP) is 3.68. The number of piperidine rings is 1. The van der Waals surface area contributed by atoms with Gasteiger partial charge in [-0.2, -0.15) is 4.98 Å². The second-order valence-electron chi connectivity index (χ2n) is 9.72. The molecule has 2 aliphatic heterocycles. The van der Waals surface area contributed by atoms with Gasteiger partial charge in [0.15, 0.2) is 23.7 Å². The third kappa shape index (κ3) is 3.51. The summed E-state index contributed by atoms with van der Waals surface area (Å²) in [5.41, 5.74) is 11.5. The lowest BCUT2D eigenvalue weighted by Crippen LogP contribution is -2.44. The largest absolute Gasteiger partial charge is 0.480 e. The lowest BCUT2D eigenvalue weighted by atomic mass is 9.73. The highest BCUT2D eigenvalue weighted by molar-refractivity contribution is 7.99. The van der Waals surface area contributed by atoms with E-state index in [-0.39, 0.29) is 24.0 Å². The Bertz CT molecular complexity index is 1490. The molecule has 3 aliphatic rings. The quantitative estimate of drug-likeness (QED) is 0.390. The minimum Gasteiger partial charge on any atom is -0.480 e. The number of hydrogen-bond acceptors (Lipinski definition) is 8. The first-order valence-electron chi connectivity index (χ1n) is 12.1. The number of nitrogens with two attached hydrogens (primary N) is 1. The molecule has 9 nitrogen and oxygen atoms in total.